The number of para-hydroxylation sites is 1. The third-order valence-corrected chi connectivity index (χ3v) is 10.3. The summed E-state index contributed by atoms with van der Waals surface area (Å²) in [5.74, 6) is 3.55. The number of rotatable bonds is 9. The van der Waals surface area contributed by atoms with Crippen molar-refractivity contribution in [1.29, 1.82) is 0 Å². The van der Waals surface area contributed by atoms with Crippen LogP contribution in [0.2, 0.25) is 0 Å². The molecule has 2 atom stereocenters. The van der Waals surface area contributed by atoms with E-state index in [4.69, 9.17) is 19.4 Å². The molecule has 2 unspecified atom stereocenters. The topological polar surface area (TPSA) is 51.8 Å². The zero-order valence-electron chi connectivity index (χ0n) is 30.0. The molecule has 0 radical (unpaired) electrons. The van der Waals surface area contributed by atoms with Crippen LogP contribution < -0.4 is 0 Å². The van der Waals surface area contributed by atoms with E-state index >= 15 is 0 Å². The van der Waals surface area contributed by atoms with Crippen LogP contribution in [0.25, 0.3) is 49.9 Å². The molecule has 0 bridgehead atoms. The maximum Gasteiger partial charge on any atom is 0.164 e. The van der Waals surface area contributed by atoms with Gasteiger partial charge in [-0.05, 0) is 40.3 Å². The number of aromatic nitrogens is 3. The molecule has 2 aromatic heterocycles. The van der Waals surface area contributed by atoms with Crippen molar-refractivity contribution in [2.75, 3.05) is 0 Å². The molecule has 3 aliphatic carbocycles. The van der Waals surface area contributed by atoms with E-state index in [2.05, 4.69) is 158 Å². The second-order valence-electron chi connectivity index (χ2n) is 13.8. The Labute approximate surface area is 316 Å². The molecule has 4 aromatic carbocycles. The van der Waals surface area contributed by atoms with Gasteiger partial charge in [0, 0.05) is 52.3 Å². The van der Waals surface area contributed by atoms with Gasteiger partial charge in [0.25, 0.3) is 0 Å². The molecule has 0 N–H and O–H groups in total. The van der Waals surface area contributed by atoms with E-state index in [9.17, 15) is 0 Å². The fourth-order valence-electron chi connectivity index (χ4n) is 7.69. The Hall–Kier alpha value is -6.65. The number of aryl methyl sites for hydroxylation is 1. The molecule has 0 saturated heterocycles. The van der Waals surface area contributed by atoms with Crippen molar-refractivity contribution in [3.63, 3.8) is 0 Å². The van der Waals surface area contributed by atoms with Crippen molar-refractivity contribution in [3.05, 3.63) is 217 Å². The van der Waals surface area contributed by atoms with Crippen molar-refractivity contribution in [2.24, 2.45) is 11.8 Å². The molecular formula is C50H39N3O. The number of benzene rings is 4. The molecule has 260 valence electrons. The second-order valence-corrected chi connectivity index (χ2v) is 13.8. The minimum absolute atomic E-state index is 0.224. The SMILES string of the molecule is C=C/C=C\C=C/Cc1nc(C2=CC3C=CC(c4ccccc4)=CC3C=C2)nc(C2=CCCc3oc4c(-c5cccc(-c6ccccc6)c5)cccc4c32)n1. The predicted octanol–water partition coefficient (Wildman–Crippen LogP) is 12.0. The molecular weight excluding hydrogens is 659 g/mol. The minimum Gasteiger partial charge on any atom is -0.460 e. The third-order valence-electron chi connectivity index (χ3n) is 10.3. The highest BCUT2D eigenvalue weighted by atomic mass is 16.3. The molecule has 6 aromatic rings. The Morgan fingerprint density at radius 3 is 2.19 bits per heavy atom. The van der Waals surface area contributed by atoms with Crippen LogP contribution in [0.3, 0.4) is 0 Å². The van der Waals surface area contributed by atoms with E-state index in [0.717, 1.165) is 63.2 Å². The number of nitrogens with zero attached hydrogens (tertiary/aromatic N) is 3. The first-order valence-corrected chi connectivity index (χ1v) is 18.7. The highest BCUT2D eigenvalue weighted by Crippen LogP contribution is 2.42. The van der Waals surface area contributed by atoms with Gasteiger partial charge in [-0.25, -0.2) is 15.0 Å². The van der Waals surface area contributed by atoms with Crippen molar-refractivity contribution in [2.45, 2.75) is 19.3 Å². The van der Waals surface area contributed by atoms with Gasteiger partial charge in [0.15, 0.2) is 11.6 Å². The van der Waals surface area contributed by atoms with Gasteiger partial charge in [0.05, 0.1) is 0 Å². The highest BCUT2D eigenvalue weighted by Gasteiger charge is 2.27. The summed E-state index contributed by atoms with van der Waals surface area (Å²) in [6, 6.07) is 36.2. The summed E-state index contributed by atoms with van der Waals surface area (Å²) in [7, 11) is 0. The van der Waals surface area contributed by atoms with Crippen LogP contribution in [-0.4, -0.2) is 15.0 Å². The molecule has 2 heterocycles. The van der Waals surface area contributed by atoms with E-state index in [0.29, 0.717) is 18.1 Å². The predicted molar refractivity (Wildman–Crippen MR) is 222 cm³/mol. The molecule has 0 saturated carbocycles. The summed E-state index contributed by atoms with van der Waals surface area (Å²) in [5, 5.41) is 1.07. The van der Waals surface area contributed by atoms with Gasteiger partial charge in [-0.15, -0.1) is 0 Å². The molecule has 4 heteroatoms. The number of furan rings is 1. The van der Waals surface area contributed by atoms with Gasteiger partial charge in [0.1, 0.15) is 17.2 Å². The van der Waals surface area contributed by atoms with Crippen LogP contribution in [0.5, 0.6) is 0 Å². The quantitative estimate of drug-likeness (QED) is 0.141. The van der Waals surface area contributed by atoms with Crippen LogP contribution in [0, 0.1) is 11.8 Å². The lowest BCUT2D eigenvalue weighted by Gasteiger charge is -2.25. The number of fused-ring (bicyclic) bond motifs is 4. The van der Waals surface area contributed by atoms with Crippen LogP contribution in [0.15, 0.2) is 187 Å². The van der Waals surface area contributed by atoms with Gasteiger partial charge in [0.2, 0.25) is 0 Å². The van der Waals surface area contributed by atoms with Crippen molar-refractivity contribution < 1.29 is 4.42 Å². The van der Waals surface area contributed by atoms with E-state index < -0.39 is 0 Å². The Morgan fingerprint density at radius 1 is 0.667 bits per heavy atom. The first kappa shape index (κ1) is 33.2. The first-order valence-electron chi connectivity index (χ1n) is 18.7. The summed E-state index contributed by atoms with van der Waals surface area (Å²) in [6.07, 6.45) is 27.9. The van der Waals surface area contributed by atoms with E-state index in [1.165, 1.54) is 22.3 Å². The Balaban J connectivity index is 1.10. The lowest BCUT2D eigenvalue weighted by Crippen LogP contribution is -2.15. The molecule has 0 spiro atoms. The van der Waals surface area contributed by atoms with Crippen LogP contribution >= 0.6 is 0 Å². The fourth-order valence-corrected chi connectivity index (χ4v) is 7.69. The maximum atomic E-state index is 6.78. The van der Waals surface area contributed by atoms with Gasteiger partial charge in [-0.3, -0.25) is 0 Å². The largest absolute Gasteiger partial charge is 0.460 e. The summed E-state index contributed by atoms with van der Waals surface area (Å²) in [5.41, 5.74) is 11.0. The smallest absolute Gasteiger partial charge is 0.164 e. The third kappa shape index (κ3) is 6.59. The minimum atomic E-state index is 0.224. The molecule has 4 nitrogen and oxygen atoms in total. The monoisotopic (exact) mass is 697 g/mol. The van der Waals surface area contributed by atoms with E-state index in [1.807, 2.05) is 18.2 Å². The van der Waals surface area contributed by atoms with Crippen molar-refractivity contribution in [3.8, 4) is 22.3 Å². The summed E-state index contributed by atoms with van der Waals surface area (Å²) in [6.45, 7) is 3.78. The highest BCUT2D eigenvalue weighted by molar-refractivity contribution is 6.03. The zero-order chi connectivity index (χ0) is 36.3. The number of allylic oxidation sites excluding steroid dienone is 14. The van der Waals surface area contributed by atoms with Crippen molar-refractivity contribution >= 4 is 27.7 Å². The fraction of sp³-hybridized carbons (Fsp3) is 0.100. The lowest BCUT2D eigenvalue weighted by molar-refractivity contribution is 0.546. The second kappa shape index (κ2) is 14.8. The number of hydrogen-bond acceptors (Lipinski definition) is 4. The standard InChI is InChI=1S/C50H39N3O/c1-2-3-4-5-12-26-46-51-49(41-30-29-38-31-37(27-28-39(38)33-41)35-18-10-7-11-19-35)53-50(52-46)44-24-15-25-45-47(44)43-23-14-22-42(48(43)54-45)40-21-13-20-36(32-40)34-16-8-6-9-17-34/h2-14,16-24,27-33,38-39H,1,15,25-26H2/b4-3-,12-5-. The summed E-state index contributed by atoms with van der Waals surface area (Å²) in [4.78, 5) is 15.3. The molecule has 0 aliphatic heterocycles. The maximum absolute atomic E-state index is 6.78. The number of hydrogen-bond donors (Lipinski definition) is 0. The molecule has 9 rings (SSSR count). The van der Waals surface area contributed by atoms with E-state index in [1.54, 1.807) is 6.08 Å². The summed E-state index contributed by atoms with van der Waals surface area (Å²) >= 11 is 0. The molecule has 3 aliphatic rings. The first-order chi connectivity index (χ1) is 26.7. The Bertz CT molecular complexity index is 2600. The van der Waals surface area contributed by atoms with Crippen LogP contribution in [0.1, 0.15) is 40.8 Å². The van der Waals surface area contributed by atoms with Crippen molar-refractivity contribution in [1.82, 2.24) is 15.0 Å². The van der Waals surface area contributed by atoms with Gasteiger partial charge in [-0.2, -0.15) is 0 Å². The average Bonchev–Trinajstić information content (AvgIpc) is 3.63. The average molecular weight is 698 g/mol. The normalized spacial score (nSPS) is 17.7. The summed E-state index contributed by atoms with van der Waals surface area (Å²) < 4.78 is 6.78. The van der Waals surface area contributed by atoms with Crippen LogP contribution in [-0.2, 0) is 12.8 Å². The van der Waals surface area contributed by atoms with Crippen LogP contribution in [0.4, 0.5) is 0 Å². The van der Waals surface area contributed by atoms with E-state index in [-0.39, 0.29) is 11.8 Å². The van der Waals surface area contributed by atoms with Gasteiger partial charge in [-0.1, -0.05) is 177 Å². The lowest BCUT2D eigenvalue weighted by atomic mass is 9.80. The van der Waals surface area contributed by atoms with Gasteiger partial charge < -0.3 is 4.42 Å². The zero-order valence-corrected chi connectivity index (χ0v) is 30.0. The Kier molecular flexibility index (Phi) is 9.08. The molecule has 54 heavy (non-hydrogen) atoms. The Morgan fingerprint density at radius 2 is 1.37 bits per heavy atom. The van der Waals surface area contributed by atoms with Gasteiger partial charge >= 0.3 is 0 Å². The molecule has 0 fully saturated rings. The molecule has 0 amide bonds.